The molecule has 0 saturated carbocycles. The number of nitrogens with one attached hydrogen (secondary N) is 3. The average molecular weight is 431 g/mol. The van der Waals surface area contributed by atoms with Gasteiger partial charge in [0.2, 0.25) is 5.78 Å². The van der Waals surface area contributed by atoms with Crippen molar-refractivity contribution in [2.24, 2.45) is 0 Å². The molecule has 0 saturated heterocycles. The predicted molar refractivity (Wildman–Crippen MR) is 118 cm³/mol. The van der Waals surface area contributed by atoms with Gasteiger partial charge in [0.1, 0.15) is 13.1 Å². The number of esters is 1. The second-order valence-corrected chi connectivity index (χ2v) is 7.68. The number of H-pyrrole nitrogens is 1. The fourth-order valence-electron chi connectivity index (χ4n) is 3.55. The van der Waals surface area contributed by atoms with Crippen molar-refractivity contribution in [2.75, 3.05) is 45.8 Å². The van der Waals surface area contributed by atoms with E-state index in [1.165, 1.54) is 7.11 Å². The lowest BCUT2D eigenvalue weighted by Gasteiger charge is -2.19. The highest BCUT2D eigenvalue weighted by Crippen LogP contribution is 2.19. The quantitative estimate of drug-likeness (QED) is 0.391. The van der Waals surface area contributed by atoms with Crippen LogP contribution in [0.25, 0.3) is 0 Å². The van der Waals surface area contributed by atoms with E-state index in [0.717, 1.165) is 21.7 Å². The van der Waals surface area contributed by atoms with Gasteiger partial charge in [0.25, 0.3) is 5.91 Å². The van der Waals surface area contributed by atoms with Gasteiger partial charge >= 0.3 is 5.97 Å². The molecule has 2 rings (SSSR count). The average Bonchev–Trinajstić information content (AvgIpc) is 3.03. The number of Topliss-reactive ketones (excluding diaryl/α,β-unsaturated/α-hetero) is 1. The number of hydrogen-bond acceptors (Lipinski definition) is 5. The molecule has 0 radical (unpaired) electrons. The van der Waals surface area contributed by atoms with Crippen LogP contribution < -0.4 is 10.2 Å². The van der Waals surface area contributed by atoms with Crippen LogP contribution in [-0.2, 0) is 14.3 Å². The van der Waals surface area contributed by atoms with Gasteiger partial charge in [0.05, 0.1) is 25.0 Å². The van der Waals surface area contributed by atoms with Gasteiger partial charge in [-0.3, -0.25) is 9.59 Å². The van der Waals surface area contributed by atoms with E-state index >= 15 is 0 Å². The minimum Gasteiger partial charge on any atom is -0.465 e. The van der Waals surface area contributed by atoms with Gasteiger partial charge in [-0.25, -0.2) is 4.79 Å². The molecule has 0 spiro atoms. The Bertz CT molecular complexity index is 964. The fraction of sp³-hybridized carbons (Fsp3) is 0.435. The van der Waals surface area contributed by atoms with E-state index in [1.54, 1.807) is 21.0 Å². The molecule has 168 valence electrons. The van der Waals surface area contributed by atoms with Crippen LogP contribution in [0, 0.1) is 27.7 Å². The topological polar surface area (TPSA) is 102 Å². The number of rotatable bonds is 10. The third-order valence-electron chi connectivity index (χ3n) is 5.47. The number of ether oxygens (including phenoxy) is 2. The summed E-state index contributed by atoms with van der Waals surface area (Å²) in [6.07, 6.45) is 0. The second-order valence-electron chi connectivity index (χ2n) is 7.68. The standard InChI is InChI=1S/C23H31N3O5/c1-14-8-7-9-18(15(14)2)25-20(28)13-26(10-11-30-5)12-19(27)22-16(3)21(17(4)24-22)23(29)31-6/h7-9,24H,10-13H2,1-6H3,(H,25,28)/p+1. The number of benzene rings is 1. The third kappa shape index (κ3) is 6.02. The minimum atomic E-state index is -0.484. The van der Waals surface area contributed by atoms with Gasteiger partial charge in [-0.15, -0.1) is 0 Å². The van der Waals surface area contributed by atoms with E-state index in [9.17, 15) is 14.4 Å². The number of aryl methyl sites for hydroxylation is 2. The lowest BCUT2D eigenvalue weighted by molar-refractivity contribution is -0.883. The highest BCUT2D eigenvalue weighted by molar-refractivity contribution is 6.02. The maximum absolute atomic E-state index is 13.0. The molecule has 1 unspecified atom stereocenters. The minimum absolute atomic E-state index is 0.0883. The number of carbonyl (C=O) groups is 3. The fourth-order valence-corrected chi connectivity index (χ4v) is 3.55. The molecule has 0 aliphatic rings. The second kappa shape index (κ2) is 10.9. The molecule has 0 bridgehead atoms. The summed E-state index contributed by atoms with van der Waals surface area (Å²) in [5, 5.41) is 2.94. The molecular formula is C23H32N3O5+. The summed E-state index contributed by atoms with van der Waals surface area (Å²) in [7, 11) is 2.89. The summed E-state index contributed by atoms with van der Waals surface area (Å²) in [5.41, 5.74) is 4.74. The van der Waals surface area contributed by atoms with Crippen LogP contribution in [0.5, 0.6) is 0 Å². The van der Waals surface area contributed by atoms with Crippen molar-refractivity contribution in [3.63, 3.8) is 0 Å². The van der Waals surface area contributed by atoms with Crippen LogP contribution in [0.15, 0.2) is 18.2 Å². The summed E-state index contributed by atoms with van der Waals surface area (Å²) in [6.45, 7) is 8.49. The van der Waals surface area contributed by atoms with E-state index in [2.05, 4.69) is 10.3 Å². The summed E-state index contributed by atoms with van der Waals surface area (Å²) < 4.78 is 9.96. The summed E-state index contributed by atoms with van der Waals surface area (Å²) in [6, 6.07) is 5.74. The molecule has 0 aliphatic carbocycles. The summed E-state index contributed by atoms with van der Waals surface area (Å²) in [4.78, 5) is 41.4. The first-order chi connectivity index (χ1) is 14.7. The Kier molecular flexibility index (Phi) is 8.53. The molecular weight excluding hydrogens is 398 g/mol. The zero-order chi connectivity index (χ0) is 23.1. The molecule has 2 aromatic rings. The highest BCUT2D eigenvalue weighted by atomic mass is 16.5. The molecule has 8 heteroatoms. The first kappa shape index (κ1) is 24.3. The Morgan fingerprint density at radius 2 is 1.74 bits per heavy atom. The maximum Gasteiger partial charge on any atom is 0.339 e. The van der Waals surface area contributed by atoms with Crippen molar-refractivity contribution >= 4 is 23.3 Å². The van der Waals surface area contributed by atoms with Crippen molar-refractivity contribution in [2.45, 2.75) is 27.7 Å². The molecule has 1 heterocycles. The number of anilines is 1. The number of carbonyl (C=O) groups excluding carboxylic acids is 3. The van der Waals surface area contributed by atoms with Crippen LogP contribution in [0.2, 0.25) is 0 Å². The van der Waals surface area contributed by atoms with E-state index < -0.39 is 5.97 Å². The SMILES string of the molecule is COCC[NH+](CC(=O)Nc1cccc(C)c1C)CC(=O)c1[nH]c(C)c(C(=O)OC)c1C. The lowest BCUT2D eigenvalue weighted by atomic mass is 10.1. The third-order valence-corrected chi connectivity index (χ3v) is 5.47. The number of aromatic amines is 1. The molecule has 0 aliphatic heterocycles. The molecule has 3 N–H and O–H groups in total. The molecule has 1 aromatic carbocycles. The Morgan fingerprint density at radius 3 is 2.39 bits per heavy atom. The highest BCUT2D eigenvalue weighted by Gasteiger charge is 2.26. The van der Waals surface area contributed by atoms with Gasteiger partial charge < -0.3 is 24.7 Å². The van der Waals surface area contributed by atoms with Crippen LogP contribution in [0.3, 0.4) is 0 Å². The van der Waals surface area contributed by atoms with Crippen molar-refractivity contribution in [3.8, 4) is 0 Å². The lowest BCUT2D eigenvalue weighted by Crippen LogP contribution is -3.14. The first-order valence-corrected chi connectivity index (χ1v) is 10.2. The van der Waals surface area contributed by atoms with Gasteiger partial charge in [-0.05, 0) is 50.5 Å². The number of methoxy groups -OCH3 is 2. The van der Waals surface area contributed by atoms with Crippen LogP contribution in [0.1, 0.15) is 43.2 Å². The molecule has 8 nitrogen and oxygen atoms in total. The van der Waals surface area contributed by atoms with Gasteiger partial charge in [0, 0.05) is 18.5 Å². The van der Waals surface area contributed by atoms with E-state index in [0.29, 0.717) is 35.7 Å². The molecule has 1 amide bonds. The summed E-state index contributed by atoms with van der Waals surface area (Å²) in [5.74, 6) is -0.842. The van der Waals surface area contributed by atoms with Crippen LogP contribution in [0.4, 0.5) is 5.69 Å². The normalized spacial score (nSPS) is 11.8. The first-order valence-electron chi connectivity index (χ1n) is 10.2. The Labute approximate surface area is 182 Å². The van der Waals surface area contributed by atoms with Gasteiger partial charge in [-0.2, -0.15) is 0 Å². The zero-order valence-corrected chi connectivity index (χ0v) is 19.1. The zero-order valence-electron chi connectivity index (χ0n) is 19.1. The van der Waals surface area contributed by atoms with Gasteiger partial charge in [0.15, 0.2) is 6.54 Å². The van der Waals surface area contributed by atoms with E-state index in [4.69, 9.17) is 9.47 Å². The van der Waals surface area contributed by atoms with Crippen LogP contribution in [-0.4, -0.2) is 63.1 Å². The number of aromatic nitrogens is 1. The maximum atomic E-state index is 13.0. The predicted octanol–water partition coefficient (Wildman–Crippen LogP) is 1.39. The van der Waals surface area contributed by atoms with Crippen molar-refractivity contribution in [1.82, 2.24) is 4.98 Å². The molecule has 1 aromatic heterocycles. The van der Waals surface area contributed by atoms with Crippen molar-refractivity contribution in [1.29, 1.82) is 0 Å². The monoisotopic (exact) mass is 430 g/mol. The molecule has 1 atom stereocenters. The van der Waals surface area contributed by atoms with Crippen molar-refractivity contribution < 1.29 is 28.8 Å². The molecule has 0 fully saturated rings. The van der Waals surface area contributed by atoms with Gasteiger partial charge in [-0.1, -0.05) is 12.1 Å². The Balaban J connectivity index is 2.14. The number of amides is 1. The van der Waals surface area contributed by atoms with Crippen molar-refractivity contribution in [3.05, 3.63) is 51.8 Å². The van der Waals surface area contributed by atoms with E-state index in [-0.39, 0.29) is 24.8 Å². The Morgan fingerprint density at radius 1 is 1.03 bits per heavy atom. The smallest absolute Gasteiger partial charge is 0.339 e. The number of ketones is 1. The van der Waals surface area contributed by atoms with E-state index in [1.807, 2.05) is 32.0 Å². The largest absolute Gasteiger partial charge is 0.465 e. The Hall–Kier alpha value is -2.97. The summed E-state index contributed by atoms with van der Waals surface area (Å²) >= 11 is 0. The number of quaternary nitrogens is 1. The molecule has 31 heavy (non-hydrogen) atoms. The van der Waals surface area contributed by atoms with Crippen LogP contribution >= 0.6 is 0 Å². The number of hydrogen-bond donors (Lipinski definition) is 3.